The van der Waals surface area contributed by atoms with Crippen molar-refractivity contribution < 1.29 is 4.74 Å². The fraction of sp³-hybridized carbons (Fsp3) is 0.643. The van der Waals surface area contributed by atoms with Crippen LogP contribution in [-0.4, -0.2) is 25.2 Å². The zero-order valence-electron chi connectivity index (χ0n) is 11.0. The molecule has 0 radical (unpaired) electrons. The van der Waals surface area contributed by atoms with Gasteiger partial charge in [-0.15, -0.1) is 0 Å². The van der Waals surface area contributed by atoms with Crippen molar-refractivity contribution in [3.8, 4) is 5.88 Å². The van der Waals surface area contributed by atoms with Gasteiger partial charge in [-0.2, -0.15) is 0 Å². The summed E-state index contributed by atoms with van der Waals surface area (Å²) in [6.45, 7) is 6.68. The number of hydrogen-bond acceptors (Lipinski definition) is 3. The smallest absolute Gasteiger partial charge is 0.215 e. The lowest BCUT2D eigenvalue weighted by atomic mass is 9.82. The number of methoxy groups -OCH3 is 1. The zero-order chi connectivity index (χ0) is 12.3. The average molecular weight is 234 g/mol. The van der Waals surface area contributed by atoms with Crippen LogP contribution in [0.1, 0.15) is 36.8 Å². The van der Waals surface area contributed by atoms with Gasteiger partial charge in [-0.3, -0.25) is 0 Å². The number of rotatable bonds is 3. The fourth-order valence-electron chi connectivity index (χ4n) is 2.66. The van der Waals surface area contributed by atoms with E-state index in [0.717, 1.165) is 30.5 Å². The van der Waals surface area contributed by atoms with Gasteiger partial charge in [0.15, 0.2) is 0 Å². The number of nitrogens with zero attached hydrogens (tertiary/aromatic N) is 1. The zero-order valence-corrected chi connectivity index (χ0v) is 11.0. The van der Waals surface area contributed by atoms with Gasteiger partial charge >= 0.3 is 0 Å². The lowest BCUT2D eigenvalue weighted by Crippen LogP contribution is -2.30. The van der Waals surface area contributed by atoms with Crippen molar-refractivity contribution in [3.63, 3.8) is 0 Å². The monoisotopic (exact) mass is 234 g/mol. The molecule has 1 aliphatic heterocycles. The van der Waals surface area contributed by atoms with Crippen LogP contribution in [0.3, 0.4) is 0 Å². The summed E-state index contributed by atoms with van der Waals surface area (Å²) < 4.78 is 5.20. The maximum Gasteiger partial charge on any atom is 0.215 e. The van der Waals surface area contributed by atoms with Crippen molar-refractivity contribution >= 4 is 0 Å². The summed E-state index contributed by atoms with van der Waals surface area (Å²) in [4.78, 5) is 4.37. The van der Waals surface area contributed by atoms with Crippen LogP contribution in [0.2, 0.25) is 0 Å². The molecule has 94 valence electrons. The van der Waals surface area contributed by atoms with Gasteiger partial charge in [0.2, 0.25) is 5.88 Å². The van der Waals surface area contributed by atoms with Gasteiger partial charge in [0.05, 0.1) is 7.11 Å². The van der Waals surface area contributed by atoms with Gasteiger partial charge in [0.25, 0.3) is 0 Å². The van der Waals surface area contributed by atoms with E-state index < -0.39 is 0 Å². The second kappa shape index (κ2) is 5.50. The first-order valence-corrected chi connectivity index (χ1v) is 6.43. The third kappa shape index (κ3) is 2.78. The predicted octanol–water partition coefficient (Wildman–Crippen LogP) is 2.50. The molecule has 17 heavy (non-hydrogen) atoms. The SMILES string of the molecule is COc1ncc(C(C)C2CCNCC2)cc1C. The number of aromatic nitrogens is 1. The van der Waals surface area contributed by atoms with Gasteiger partial charge in [0.1, 0.15) is 0 Å². The van der Waals surface area contributed by atoms with Gasteiger partial charge in [-0.1, -0.05) is 6.92 Å². The van der Waals surface area contributed by atoms with Crippen molar-refractivity contribution in [1.29, 1.82) is 0 Å². The molecule has 3 nitrogen and oxygen atoms in total. The van der Waals surface area contributed by atoms with E-state index in [9.17, 15) is 0 Å². The second-order valence-corrected chi connectivity index (χ2v) is 4.97. The highest BCUT2D eigenvalue weighted by Crippen LogP contribution is 2.31. The van der Waals surface area contributed by atoms with Crippen molar-refractivity contribution in [1.82, 2.24) is 10.3 Å². The molecule has 1 N–H and O–H groups in total. The third-order valence-electron chi connectivity index (χ3n) is 3.86. The molecule has 0 spiro atoms. The van der Waals surface area contributed by atoms with Crippen LogP contribution in [0, 0.1) is 12.8 Å². The normalized spacial score (nSPS) is 19.0. The van der Waals surface area contributed by atoms with E-state index in [4.69, 9.17) is 4.74 Å². The summed E-state index contributed by atoms with van der Waals surface area (Å²) in [5.74, 6) is 2.12. The third-order valence-corrected chi connectivity index (χ3v) is 3.86. The van der Waals surface area contributed by atoms with Crippen LogP contribution < -0.4 is 10.1 Å². The average Bonchev–Trinajstić information content (AvgIpc) is 2.39. The highest BCUT2D eigenvalue weighted by molar-refractivity contribution is 5.30. The first-order valence-electron chi connectivity index (χ1n) is 6.43. The molecule has 0 saturated carbocycles. The minimum atomic E-state index is 0.592. The minimum Gasteiger partial charge on any atom is -0.481 e. The molecular formula is C14H22N2O. The molecule has 1 aliphatic rings. The Morgan fingerprint density at radius 1 is 1.41 bits per heavy atom. The number of aryl methyl sites for hydroxylation is 1. The first kappa shape index (κ1) is 12.4. The molecule has 3 heteroatoms. The summed E-state index contributed by atoms with van der Waals surface area (Å²) in [5, 5.41) is 3.42. The number of piperidine rings is 1. The maximum atomic E-state index is 5.20. The molecule has 0 bridgehead atoms. The van der Waals surface area contributed by atoms with Crippen molar-refractivity contribution in [2.45, 2.75) is 32.6 Å². The van der Waals surface area contributed by atoms with Crippen LogP contribution >= 0.6 is 0 Å². The van der Waals surface area contributed by atoms with Crippen LogP contribution in [0.5, 0.6) is 5.88 Å². The Labute approximate surface area is 104 Å². The molecule has 1 fully saturated rings. The summed E-state index contributed by atoms with van der Waals surface area (Å²) in [7, 11) is 1.67. The lowest BCUT2D eigenvalue weighted by molar-refractivity contribution is 0.329. The quantitative estimate of drug-likeness (QED) is 0.872. The van der Waals surface area contributed by atoms with E-state index in [1.807, 2.05) is 6.20 Å². The van der Waals surface area contributed by atoms with Gasteiger partial charge < -0.3 is 10.1 Å². The highest BCUT2D eigenvalue weighted by atomic mass is 16.5. The Bertz CT molecular complexity index is 372. The lowest BCUT2D eigenvalue weighted by Gasteiger charge is -2.28. The van der Waals surface area contributed by atoms with Gasteiger partial charge in [0, 0.05) is 11.8 Å². The fourth-order valence-corrected chi connectivity index (χ4v) is 2.66. The molecule has 0 aliphatic carbocycles. The van der Waals surface area contributed by atoms with Crippen LogP contribution in [0.4, 0.5) is 0 Å². The van der Waals surface area contributed by atoms with Crippen molar-refractivity contribution in [2.75, 3.05) is 20.2 Å². The Balaban J connectivity index is 2.12. The maximum absolute atomic E-state index is 5.20. The predicted molar refractivity (Wildman–Crippen MR) is 69.5 cm³/mol. The standard InChI is InChI=1S/C14H22N2O/c1-10-8-13(9-16-14(10)17-3)11(2)12-4-6-15-7-5-12/h8-9,11-12,15H,4-7H2,1-3H3. The number of ether oxygens (including phenoxy) is 1. The second-order valence-electron chi connectivity index (χ2n) is 4.97. The largest absolute Gasteiger partial charge is 0.481 e. The summed E-state index contributed by atoms with van der Waals surface area (Å²) in [5.41, 5.74) is 2.47. The van der Waals surface area contributed by atoms with E-state index >= 15 is 0 Å². The Kier molecular flexibility index (Phi) is 4.00. The molecule has 1 aromatic heterocycles. The van der Waals surface area contributed by atoms with E-state index in [1.54, 1.807) is 7.11 Å². The van der Waals surface area contributed by atoms with Crippen LogP contribution in [0.25, 0.3) is 0 Å². The van der Waals surface area contributed by atoms with Gasteiger partial charge in [-0.05, 0) is 56.3 Å². The molecule has 2 heterocycles. The topological polar surface area (TPSA) is 34.1 Å². The highest BCUT2D eigenvalue weighted by Gasteiger charge is 2.21. The summed E-state index contributed by atoms with van der Waals surface area (Å²) >= 11 is 0. The Hall–Kier alpha value is -1.09. The van der Waals surface area contributed by atoms with E-state index in [0.29, 0.717) is 5.92 Å². The molecule has 1 aromatic rings. The van der Waals surface area contributed by atoms with E-state index in [2.05, 4.69) is 30.2 Å². The molecule has 0 aromatic carbocycles. The summed E-state index contributed by atoms with van der Waals surface area (Å²) in [6, 6.07) is 2.22. The first-order chi connectivity index (χ1) is 8.22. The minimum absolute atomic E-state index is 0.592. The number of hydrogen-bond donors (Lipinski definition) is 1. The molecular weight excluding hydrogens is 212 g/mol. The van der Waals surface area contributed by atoms with Crippen molar-refractivity contribution in [2.24, 2.45) is 5.92 Å². The molecule has 0 amide bonds. The summed E-state index contributed by atoms with van der Waals surface area (Å²) in [6.07, 6.45) is 4.51. The number of pyridine rings is 1. The van der Waals surface area contributed by atoms with E-state index in [1.165, 1.54) is 18.4 Å². The Morgan fingerprint density at radius 3 is 2.71 bits per heavy atom. The van der Waals surface area contributed by atoms with Crippen LogP contribution in [-0.2, 0) is 0 Å². The van der Waals surface area contributed by atoms with Crippen molar-refractivity contribution in [3.05, 3.63) is 23.4 Å². The molecule has 1 saturated heterocycles. The Morgan fingerprint density at radius 2 is 2.12 bits per heavy atom. The number of nitrogens with one attached hydrogen (secondary N) is 1. The molecule has 2 rings (SSSR count). The molecule has 1 unspecified atom stereocenters. The van der Waals surface area contributed by atoms with E-state index in [-0.39, 0.29) is 0 Å². The van der Waals surface area contributed by atoms with Crippen LogP contribution in [0.15, 0.2) is 12.3 Å². The molecule has 1 atom stereocenters. The van der Waals surface area contributed by atoms with Gasteiger partial charge in [-0.25, -0.2) is 4.98 Å².